The highest BCUT2D eigenvalue weighted by molar-refractivity contribution is 5.30. The zero-order valence-corrected chi connectivity index (χ0v) is 13.7. The molecule has 1 aromatic carbocycles. The molecular weight excluding hydrogens is 242 g/mol. The van der Waals surface area contributed by atoms with E-state index in [4.69, 9.17) is 5.73 Å². The van der Waals surface area contributed by atoms with Crippen molar-refractivity contribution < 1.29 is 0 Å². The molecule has 0 radical (unpaired) electrons. The van der Waals surface area contributed by atoms with Gasteiger partial charge in [-0.2, -0.15) is 0 Å². The molecule has 1 heteroatoms. The third-order valence-electron chi connectivity index (χ3n) is 4.95. The van der Waals surface area contributed by atoms with Crippen LogP contribution in [0.4, 0.5) is 0 Å². The third-order valence-corrected chi connectivity index (χ3v) is 4.95. The van der Waals surface area contributed by atoms with E-state index in [0.717, 1.165) is 0 Å². The molecule has 0 spiro atoms. The zero-order valence-electron chi connectivity index (χ0n) is 13.7. The molecule has 1 aliphatic carbocycles. The number of hydrogen-bond acceptors (Lipinski definition) is 1. The van der Waals surface area contributed by atoms with Gasteiger partial charge in [-0.1, -0.05) is 64.3 Å². The first-order valence-electron chi connectivity index (χ1n) is 8.25. The van der Waals surface area contributed by atoms with Crippen molar-refractivity contribution >= 4 is 0 Å². The number of nitrogens with two attached hydrogens (primary N) is 1. The van der Waals surface area contributed by atoms with Crippen molar-refractivity contribution in [3.05, 3.63) is 35.4 Å². The average molecular weight is 273 g/mol. The van der Waals surface area contributed by atoms with Crippen molar-refractivity contribution in [1.29, 1.82) is 0 Å². The lowest BCUT2D eigenvalue weighted by molar-refractivity contribution is 0.345. The molecular formula is C19H31N. The van der Waals surface area contributed by atoms with E-state index in [2.05, 4.69) is 52.0 Å². The van der Waals surface area contributed by atoms with E-state index in [1.807, 2.05) is 0 Å². The van der Waals surface area contributed by atoms with E-state index in [1.54, 1.807) is 0 Å². The van der Waals surface area contributed by atoms with Gasteiger partial charge in [-0.3, -0.25) is 0 Å². The molecule has 1 saturated carbocycles. The van der Waals surface area contributed by atoms with Gasteiger partial charge in [0.1, 0.15) is 0 Å². The minimum Gasteiger partial charge on any atom is -0.328 e. The molecule has 1 fully saturated rings. The van der Waals surface area contributed by atoms with Gasteiger partial charge in [-0.25, -0.2) is 0 Å². The second-order valence-corrected chi connectivity index (χ2v) is 7.64. The maximum atomic E-state index is 6.26. The molecule has 20 heavy (non-hydrogen) atoms. The molecule has 1 aromatic rings. The first-order chi connectivity index (χ1) is 9.39. The minimum atomic E-state index is 0.239. The van der Waals surface area contributed by atoms with Crippen LogP contribution in [0.5, 0.6) is 0 Å². The van der Waals surface area contributed by atoms with Crippen molar-refractivity contribution in [2.24, 2.45) is 11.7 Å². The Morgan fingerprint density at radius 2 is 1.60 bits per heavy atom. The van der Waals surface area contributed by atoms with Crippen molar-refractivity contribution in [3.8, 4) is 0 Å². The van der Waals surface area contributed by atoms with Crippen molar-refractivity contribution in [2.75, 3.05) is 0 Å². The number of benzene rings is 1. The molecule has 2 N–H and O–H groups in total. The second kappa shape index (κ2) is 6.30. The highest BCUT2D eigenvalue weighted by Gasteiger charge is 2.28. The van der Waals surface area contributed by atoms with Crippen LogP contribution in [0.2, 0.25) is 0 Å². The fourth-order valence-corrected chi connectivity index (χ4v) is 3.61. The second-order valence-electron chi connectivity index (χ2n) is 7.64. The molecule has 1 aliphatic rings. The van der Waals surface area contributed by atoms with Crippen LogP contribution in [0.1, 0.15) is 76.8 Å². The van der Waals surface area contributed by atoms with Gasteiger partial charge < -0.3 is 5.73 Å². The van der Waals surface area contributed by atoms with Crippen molar-refractivity contribution in [3.63, 3.8) is 0 Å². The van der Waals surface area contributed by atoms with Crippen LogP contribution in [0.25, 0.3) is 0 Å². The monoisotopic (exact) mass is 273 g/mol. The van der Waals surface area contributed by atoms with E-state index in [9.17, 15) is 0 Å². The predicted octanol–water partition coefficient (Wildman–Crippen LogP) is 5.00. The Morgan fingerprint density at radius 1 is 1.00 bits per heavy atom. The molecule has 0 aromatic heterocycles. The highest BCUT2D eigenvalue weighted by atomic mass is 14.6. The van der Waals surface area contributed by atoms with Gasteiger partial charge >= 0.3 is 0 Å². The molecule has 112 valence electrons. The van der Waals surface area contributed by atoms with Gasteiger partial charge in [0, 0.05) is 6.04 Å². The van der Waals surface area contributed by atoms with E-state index < -0.39 is 0 Å². The Balaban J connectivity index is 2.23. The minimum absolute atomic E-state index is 0.239. The summed E-state index contributed by atoms with van der Waals surface area (Å²) < 4.78 is 0. The number of rotatable bonds is 2. The molecule has 0 aliphatic heterocycles. The Kier molecular flexibility index (Phi) is 4.90. The summed E-state index contributed by atoms with van der Waals surface area (Å²) in [5, 5.41) is 0. The maximum Gasteiger partial charge on any atom is 0.00446 e. The number of hydrogen-bond donors (Lipinski definition) is 1. The average Bonchev–Trinajstić information content (AvgIpc) is 2.63. The topological polar surface area (TPSA) is 26.0 Å². The third kappa shape index (κ3) is 3.63. The predicted molar refractivity (Wildman–Crippen MR) is 88.1 cm³/mol. The van der Waals surface area contributed by atoms with Crippen LogP contribution < -0.4 is 5.73 Å². The summed E-state index contributed by atoms with van der Waals surface area (Å²) in [6, 6.07) is 9.65. The SMILES string of the molecule is CC(N)C1CCCCCC1c1ccc(C(C)(C)C)cc1. The smallest absolute Gasteiger partial charge is 0.00446 e. The highest BCUT2D eigenvalue weighted by Crippen LogP contribution is 2.38. The summed E-state index contributed by atoms with van der Waals surface area (Å²) in [4.78, 5) is 0. The Morgan fingerprint density at radius 3 is 2.15 bits per heavy atom. The first-order valence-corrected chi connectivity index (χ1v) is 8.25. The van der Waals surface area contributed by atoms with Crippen LogP contribution in [0.15, 0.2) is 24.3 Å². The lowest BCUT2D eigenvalue weighted by Gasteiger charge is -2.29. The van der Waals surface area contributed by atoms with Gasteiger partial charge in [0.25, 0.3) is 0 Å². The van der Waals surface area contributed by atoms with Gasteiger partial charge in [-0.05, 0) is 48.1 Å². The van der Waals surface area contributed by atoms with Crippen molar-refractivity contribution in [1.82, 2.24) is 0 Å². The van der Waals surface area contributed by atoms with Crippen LogP contribution in [0, 0.1) is 5.92 Å². The normalized spacial score (nSPS) is 26.1. The molecule has 3 atom stereocenters. The van der Waals surface area contributed by atoms with Gasteiger partial charge in [0.15, 0.2) is 0 Å². The summed E-state index contributed by atoms with van der Waals surface area (Å²) in [5.41, 5.74) is 9.43. The van der Waals surface area contributed by atoms with Crippen LogP contribution in [0.3, 0.4) is 0 Å². The van der Waals surface area contributed by atoms with E-state index >= 15 is 0 Å². The van der Waals surface area contributed by atoms with E-state index in [0.29, 0.717) is 17.9 Å². The summed E-state index contributed by atoms with van der Waals surface area (Å²) in [7, 11) is 0. The van der Waals surface area contributed by atoms with E-state index in [-0.39, 0.29) is 5.41 Å². The van der Waals surface area contributed by atoms with Crippen molar-refractivity contribution in [2.45, 2.75) is 77.2 Å². The van der Waals surface area contributed by atoms with Crippen LogP contribution >= 0.6 is 0 Å². The first kappa shape index (κ1) is 15.6. The van der Waals surface area contributed by atoms with Gasteiger partial charge in [-0.15, -0.1) is 0 Å². The standard InChI is InChI=1S/C19H31N/c1-14(20)17-8-6-5-7-9-18(17)15-10-12-16(13-11-15)19(2,3)4/h10-14,17-18H,5-9,20H2,1-4H3. The molecule has 1 nitrogen and oxygen atoms in total. The quantitative estimate of drug-likeness (QED) is 0.754. The van der Waals surface area contributed by atoms with Crippen LogP contribution in [-0.2, 0) is 5.41 Å². The Hall–Kier alpha value is -0.820. The lowest BCUT2D eigenvalue weighted by Crippen LogP contribution is -2.31. The molecule has 0 saturated heterocycles. The maximum absolute atomic E-state index is 6.26. The Labute approximate surface area is 125 Å². The molecule has 0 heterocycles. The largest absolute Gasteiger partial charge is 0.328 e. The lowest BCUT2D eigenvalue weighted by atomic mass is 9.78. The summed E-state index contributed by atoms with van der Waals surface area (Å²) in [6.45, 7) is 9.02. The molecule has 2 rings (SSSR count). The van der Waals surface area contributed by atoms with Gasteiger partial charge in [0.05, 0.1) is 0 Å². The fraction of sp³-hybridized carbons (Fsp3) is 0.684. The molecule has 0 bridgehead atoms. The molecule has 3 unspecified atom stereocenters. The summed E-state index contributed by atoms with van der Waals surface area (Å²) in [5.74, 6) is 1.31. The summed E-state index contributed by atoms with van der Waals surface area (Å²) >= 11 is 0. The fourth-order valence-electron chi connectivity index (χ4n) is 3.61. The van der Waals surface area contributed by atoms with Gasteiger partial charge in [0.2, 0.25) is 0 Å². The molecule has 0 amide bonds. The van der Waals surface area contributed by atoms with Crippen LogP contribution in [-0.4, -0.2) is 6.04 Å². The zero-order chi connectivity index (χ0) is 14.8. The Bertz CT molecular complexity index is 410. The van der Waals surface area contributed by atoms with E-state index in [1.165, 1.54) is 43.2 Å². The summed E-state index contributed by atoms with van der Waals surface area (Å²) in [6.07, 6.45) is 6.68.